The van der Waals surface area contributed by atoms with Gasteiger partial charge in [-0.25, -0.2) is 0 Å². The van der Waals surface area contributed by atoms with Gasteiger partial charge in [0.2, 0.25) is 5.82 Å². The predicted octanol–water partition coefficient (Wildman–Crippen LogP) is 1.98. The van der Waals surface area contributed by atoms with Gasteiger partial charge in [0.1, 0.15) is 5.60 Å². The minimum absolute atomic E-state index is 0.163. The van der Waals surface area contributed by atoms with Gasteiger partial charge in [-0.15, -0.1) is 0 Å². The van der Waals surface area contributed by atoms with Crippen molar-refractivity contribution in [2.45, 2.75) is 19.4 Å². The Bertz CT molecular complexity index is 620. The third kappa shape index (κ3) is 2.70. The van der Waals surface area contributed by atoms with Crippen molar-refractivity contribution in [2.75, 3.05) is 14.2 Å². The highest BCUT2D eigenvalue weighted by atomic mass is 16.5. The van der Waals surface area contributed by atoms with Crippen molar-refractivity contribution >= 4 is 5.91 Å². The second kappa shape index (κ2) is 5.42. The average Bonchev–Trinajstić information content (AvgIpc) is 2.97. The van der Waals surface area contributed by atoms with Crippen molar-refractivity contribution in [3.05, 3.63) is 35.7 Å². The molecular weight excluding hydrogens is 258 g/mol. The normalized spacial score (nSPS) is 11.4. The molecule has 106 valence electrons. The van der Waals surface area contributed by atoms with Gasteiger partial charge in [0.15, 0.2) is 0 Å². The monoisotopic (exact) mass is 275 g/mol. The van der Waals surface area contributed by atoms with Crippen LogP contribution in [0.15, 0.2) is 28.8 Å². The summed E-state index contributed by atoms with van der Waals surface area (Å²) >= 11 is 0. The Hall–Kier alpha value is -2.21. The molecule has 0 unspecified atom stereocenters. The number of amides is 1. The maximum atomic E-state index is 11.6. The lowest BCUT2D eigenvalue weighted by molar-refractivity contribution is 0.00973. The molecule has 0 saturated carbocycles. The molecule has 0 fully saturated rings. The summed E-state index contributed by atoms with van der Waals surface area (Å²) in [4.78, 5) is 15.9. The van der Waals surface area contributed by atoms with E-state index in [-0.39, 0.29) is 5.91 Å². The SMILES string of the molecule is CNC(=O)c1cccc(-c2nc(C(C)(C)OC)no2)c1. The summed E-state index contributed by atoms with van der Waals surface area (Å²) in [6.07, 6.45) is 0. The number of hydrogen-bond donors (Lipinski definition) is 1. The zero-order valence-corrected chi connectivity index (χ0v) is 11.9. The molecular formula is C14H17N3O3. The molecule has 0 radical (unpaired) electrons. The van der Waals surface area contributed by atoms with Gasteiger partial charge in [-0.2, -0.15) is 4.98 Å². The van der Waals surface area contributed by atoms with Gasteiger partial charge in [-0.05, 0) is 32.0 Å². The number of methoxy groups -OCH3 is 1. The van der Waals surface area contributed by atoms with Gasteiger partial charge >= 0.3 is 0 Å². The maximum Gasteiger partial charge on any atom is 0.258 e. The molecule has 20 heavy (non-hydrogen) atoms. The molecule has 0 spiro atoms. The van der Waals surface area contributed by atoms with Gasteiger partial charge < -0.3 is 14.6 Å². The molecule has 0 aliphatic heterocycles. The Morgan fingerprint density at radius 1 is 1.40 bits per heavy atom. The maximum absolute atomic E-state index is 11.6. The number of hydrogen-bond acceptors (Lipinski definition) is 5. The van der Waals surface area contributed by atoms with E-state index in [1.165, 1.54) is 0 Å². The van der Waals surface area contributed by atoms with Crippen molar-refractivity contribution in [2.24, 2.45) is 0 Å². The van der Waals surface area contributed by atoms with E-state index in [1.54, 1.807) is 32.4 Å². The van der Waals surface area contributed by atoms with Crippen LogP contribution in [-0.2, 0) is 10.3 Å². The first-order valence-corrected chi connectivity index (χ1v) is 6.20. The van der Waals surface area contributed by atoms with Crippen molar-refractivity contribution in [1.82, 2.24) is 15.5 Å². The van der Waals surface area contributed by atoms with E-state index in [1.807, 2.05) is 19.9 Å². The highest BCUT2D eigenvalue weighted by Gasteiger charge is 2.26. The molecule has 6 nitrogen and oxygen atoms in total. The molecule has 0 atom stereocenters. The van der Waals surface area contributed by atoms with Crippen molar-refractivity contribution in [1.29, 1.82) is 0 Å². The standard InChI is InChI=1S/C14H17N3O3/c1-14(2,19-4)13-16-12(20-17-13)10-7-5-6-9(8-10)11(18)15-3/h5-8H,1-4H3,(H,15,18). The van der Waals surface area contributed by atoms with Gasteiger partial charge in [0.25, 0.3) is 11.8 Å². The largest absolute Gasteiger partial charge is 0.371 e. The van der Waals surface area contributed by atoms with E-state index in [4.69, 9.17) is 9.26 Å². The first kappa shape index (κ1) is 14.2. The lowest BCUT2D eigenvalue weighted by Gasteiger charge is -2.17. The number of carbonyl (C=O) groups excluding carboxylic acids is 1. The van der Waals surface area contributed by atoms with E-state index >= 15 is 0 Å². The number of aromatic nitrogens is 2. The summed E-state index contributed by atoms with van der Waals surface area (Å²) in [5.74, 6) is 0.653. The molecule has 2 rings (SSSR count). The molecule has 6 heteroatoms. The summed E-state index contributed by atoms with van der Waals surface area (Å²) in [6.45, 7) is 3.70. The fourth-order valence-corrected chi connectivity index (χ4v) is 1.61. The highest BCUT2D eigenvalue weighted by molar-refractivity contribution is 5.94. The van der Waals surface area contributed by atoms with Crippen LogP contribution in [0.3, 0.4) is 0 Å². The van der Waals surface area contributed by atoms with Crippen LogP contribution in [0.2, 0.25) is 0 Å². The van der Waals surface area contributed by atoms with E-state index in [0.717, 1.165) is 0 Å². The van der Waals surface area contributed by atoms with Crippen LogP contribution in [-0.4, -0.2) is 30.2 Å². The lowest BCUT2D eigenvalue weighted by Crippen LogP contribution is -2.21. The number of benzene rings is 1. The molecule has 1 N–H and O–H groups in total. The predicted molar refractivity (Wildman–Crippen MR) is 73.2 cm³/mol. The number of ether oxygens (including phenoxy) is 1. The second-order valence-corrected chi connectivity index (χ2v) is 4.80. The lowest BCUT2D eigenvalue weighted by atomic mass is 10.1. The number of rotatable bonds is 4. The first-order chi connectivity index (χ1) is 9.47. The number of carbonyl (C=O) groups is 1. The minimum Gasteiger partial charge on any atom is -0.371 e. The molecule has 0 bridgehead atoms. The quantitative estimate of drug-likeness (QED) is 0.923. The fraction of sp³-hybridized carbons (Fsp3) is 0.357. The molecule has 1 heterocycles. The Morgan fingerprint density at radius 2 is 2.15 bits per heavy atom. The third-order valence-electron chi connectivity index (χ3n) is 3.07. The summed E-state index contributed by atoms with van der Waals surface area (Å²) in [7, 11) is 3.17. The van der Waals surface area contributed by atoms with E-state index < -0.39 is 5.60 Å². The van der Waals surface area contributed by atoms with Crippen molar-refractivity contribution in [3.63, 3.8) is 0 Å². The Kier molecular flexibility index (Phi) is 3.85. The van der Waals surface area contributed by atoms with Crippen molar-refractivity contribution in [3.8, 4) is 11.5 Å². The van der Waals surface area contributed by atoms with Crippen LogP contribution in [0.5, 0.6) is 0 Å². The third-order valence-corrected chi connectivity index (χ3v) is 3.07. The van der Waals surface area contributed by atoms with Gasteiger partial charge in [-0.1, -0.05) is 11.2 Å². The fourth-order valence-electron chi connectivity index (χ4n) is 1.61. The van der Waals surface area contributed by atoms with Crippen LogP contribution >= 0.6 is 0 Å². The summed E-state index contributed by atoms with van der Waals surface area (Å²) in [5, 5.41) is 6.49. The number of nitrogens with zero attached hydrogens (tertiary/aromatic N) is 2. The Morgan fingerprint density at radius 3 is 2.80 bits per heavy atom. The van der Waals surface area contributed by atoms with E-state index in [2.05, 4.69) is 15.5 Å². The zero-order chi connectivity index (χ0) is 14.8. The van der Waals surface area contributed by atoms with E-state index in [9.17, 15) is 4.79 Å². The highest BCUT2D eigenvalue weighted by Crippen LogP contribution is 2.25. The van der Waals surface area contributed by atoms with Gasteiger partial charge in [0.05, 0.1) is 0 Å². The molecule has 0 saturated heterocycles. The molecule has 1 aromatic carbocycles. The molecule has 0 aliphatic carbocycles. The summed E-state index contributed by atoms with van der Waals surface area (Å²) < 4.78 is 10.5. The van der Waals surface area contributed by atoms with Gasteiger partial charge in [0, 0.05) is 25.3 Å². The van der Waals surface area contributed by atoms with Crippen LogP contribution in [0, 0.1) is 0 Å². The summed E-state index contributed by atoms with van der Waals surface area (Å²) in [6, 6.07) is 7.00. The van der Waals surface area contributed by atoms with Crippen LogP contribution in [0.1, 0.15) is 30.0 Å². The van der Waals surface area contributed by atoms with Crippen LogP contribution < -0.4 is 5.32 Å². The molecule has 1 aromatic heterocycles. The second-order valence-electron chi connectivity index (χ2n) is 4.80. The van der Waals surface area contributed by atoms with Gasteiger partial charge in [-0.3, -0.25) is 4.79 Å². The molecule has 2 aromatic rings. The summed E-state index contributed by atoms with van der Waals surface area (Å²) in [5.41, 5.74) is 0.604. The van der Waals surface area contributed by atoms with Crippen LogP contribution in [0.4, 0.5) is 0 Å². The topological polar surface area (TPSA) is 77.2 Å². The van der Waals surface area contributed by atoms with Crippen LogP contribution in [0.25, 0.3) is 11.5 Å². The minimum atomic E-state index is -0.625. The van der Waals surface area contributed by atoms with E-state index in [0.29, 0.717) is 22.8 Å². The smallest absolute Gasteiger partial charge is 0.258 e. The first-order valence-electron chi connectivity index (χ1n) is 6.20. The number of nitrogens with one attached hydrogen (secondary N) is 1. The molecule has 1 amide bonds. The zero-order valence-electron chi connectivity index (χ0n) is 11.9. The Balaban J connectivity index is 2.35. The average molecular weight is 275 g/mol. The Labute approximate surface area is 117 Å². The van der Waals surface area contributed by atoms with Crippen molar-refractivity contribution < 1.29 is 14.1 Å². The molecule has 0 aliphatic rings.